The topological polar surface area (TPSA) is 79.3 Å². The Hall–Kier alpha value is -2.17. The molecule has 31 heavy (non-hydrogen) atoms. The second-order valence-corrected chi connectivity index (χ2v) is 8.13. The third-order valence-corrected chi connectivity index (χ3v) is 5.51. The van der Waals surface area contributed by atoms with Crippen LogP contribution in [-0.2, 0) is 25.5 Å². The van der Waals surface area contributed by atoms with Crippen LogP contribution in [0.15, 0.2) is 30.3 Å². The second kappa shape index (κ2) is 10.9. The van der Waals surface area contributed by atoms with E-state index in [0.29, 0.717) is 12.5 Å². The van der Waals surface area contributed by atoms with Crippen LogP contribution in [0.4, 0.5) is 13.2 Å². The molecule has 2 fully saturated rings. The first-order valence-corrected chi connectivity index (χ1v) is 9.95. The minimum atomic E-state index is -5.08. The van der Waals surface area contributed by atoms with E-state index < -0.39 is 12.1 Å². The Bertz CT molecular complexity index is 729. The fourth-order valence-corrected chi connectivity index (χ4v) is 3.72. The number of carboxylic acids is 1. The van der Waals surface area contributed by atoms with Crippen molar-refractivity contribution in [3.63, 3.8) is 0 Å². The van der Waals surface area contributed by atoms with Crippen molar-refractivity contribution in [1.29, 1.82) is 0 Å². The molecule has 0 aromatic heterocycles. The molecule has 0 saturated carbocycles. The minimum Gasteiger partial charge on any atom is -0.475 e. The van der Waals surface area contributed by atoms with Crippen LogP contribution < -0.4 is 0 Å². The maximum atomic E-state index is 11.7. The zero-order valence-electron chi connectivity index (χ0n) is 17.7. The number of fused-ring (bicyclic) bond motifs is 1. The van der Waals surface area contributed by atoms with Crippen LogP contribution in [0.5, 0.6) is 0 Å². The summed E-state index contributed by atoms with van der Waals surface area (Å²) in [7, 11) is 3.51. The number of hydrogen-bond acceptors (Lipinski definition) is 5. The molecule has 1 aromatic rings. The molecular weight excluding hydrogens is 417 g/mol. The number of halogens is 3. The Balaban J connectivity index is 0.000000423. The van der Waals surface area contributed by atoms with Gasteiger partial charge >= 0.3 is 12.1 Å². The highest BCUT2D eigenvalue weighted by Crippen LogP contribution is 2.41. The standard InChI is InChI=1S/C19H28N2O3.C2HF3O2/c1-20(2)18(22)12-24-15-19-13-21(10-17(19)11-23-14-19)9-8-16-6-4-3-5-7-16;3-2(4,5)1(6)7/h3-7,17H,8-15H2,1-2H3;(H,6,7)/t17-,19+;/m1./s1. The Labute approximate surface area is 179 Å². The Morgan fingerprint density at radius 2 is 1.94 bits per heavy atom. The molecule has 2 heterocycles. The lowest BCUT2D eigenvalue weighted by molar-refractivity contribution is -0.192. The van der Waals surface area contributed by atoms with Crippen LogP contribution in [0.3, 0.4) is 0 Å². The minimum absolute atomic E-state index is 0.0146. The van der Waals surface area contributed by atoms with Crippen molar-refractivity contribution >= 4 is 11.9 Å². The Morgan fingerprint density at radius 3 is 2.52 bits per heavy atom. The third-order valence-electron chi connectivity index (χ3n) is 5.51. The van der Waals surface area contributed by atoms with Crippen LogP contribution in [-0.4, -0.2) is 93.1 Å². The van der Waals surface area contributed by atoms with E-state index in [1.807, 2.05) is 0 Å². The molecule has 3 rings (SSSR count). The number of benzene rings is 1. The van der Waals surface area contributed by atoms with Crippen molar-refractivity contribution in [2.75, 3.05) is 60.2 Å². The summed E-state index contributed by atoms with van der Waals surface area (Å²) in [6.07, 6.45) is -4.01. The fourth-order valence-electron chi connectivity index (χ4n) is 3.72. The summed E-state index contributed by atoms with van der Waals surface area (Å²) >= 11 is 0. The van der Waals surface area contributed by atoms with Crippen LogP contribution in [0.2, 0.25) is 0 Å². The summed E-state index contributed by atoms with van der Waals surface area (Å²) < 4.78 is 43.2. The number of carboxylic acid groups (broad SMARTS) is 1. The molecule has 2 aliphatic rings. The number of amides is 1. The van der Waals surface area contributed by atoms with Gasteiger partial charge in [0.1, 0.15) is 6.61 Å². The third kappa shape index (κ3) is 7.48. The summed E-state index contributed by atoms with van der Waals surface area (Å²) in [4.78, 5) is 24.7. The van der Waals surface area contributed by atoms with Gasteiger partial charge in [0.15, 0.2) is 0 Å². The van der Waals surface area contributed by atoms with Gasteiger partial charge in [0.05, 0.1) is 19.8 Å². The highest BCUT2D eigenvalue weighted by atomic mass is 19.4. The number of nitrogens with zero attached hydrogens (tertiary/aromatic N) is 2. The number of carbonyl (C=O) groups is 2. The average Bonchev–Trinajstić information content (AvgIpc) is 3.23. The molecule has 0 unspecified atom stereocenters. The molecule has 7 nitrogen and oxygen atoms in total. The Morgan fingerprint density at radius 1 is 1.29 bits per heavy atom. The lowest BCUT2D eigenvalue weighted by Gasteiger charge is -2.27. The van der Waals surface area contributed by atoms with E-state index in [-0.39, 0.29) is 17.9 Å². The van der Waals surface area contributed by atoms with Crippen LogP contribution in [0.1, 0.15) is 5.56 Å². The van der Waals surface area contributed by atoms with E-state index in [1.165, 1.54) is 5.56 Å². The molecule has 10 heteroatoms. The molecule has 1 amide bonds. The monoisotopic (exact) mass is 446 g/mol. The smallest absolute Gasteiger partial charge is 0.475 e. The molecule has 1 N–H and O–H groups in total. The van der Waals surface area contributed by atoms with Gasteiger partial charge in [-0.2, -0.15) is 13.2 Å². The molecule has 2 saturated heterocycles. The van der Waals surface area contributed by atoms with E-state index in [2.05, 4.69) is 35.2 Å². The van der Waals surface area contributed by atoms with E-state index in [4.69, 9.17) is 19.4 Å². The highest BCUT2D eigenvalue weighted by molar-refractivity contribution is 5.76. The van der Waals surface area contributed by atoms with E-state index in [0.717, 1.165) is 39.3 Å². The van der Waals surface area contributed by atoms with Crippen LogP contribution in [0.25, 0.3) is 0 Å². The van der Waals surface area contributed by atoms with Gasteiger partial charge in [0.2, 0.25) is 5.91 Å². The number of rotatable bonds is 7. The number of likely N-dealkylation sites (tertiary alicyclic amines) is 1. The molecule has 0 aliphatic carbocycles. The highest BCUT2D eigenvalue weighted by Gasteiger charge is 2.50. The first-order valence-electron chi connectivity index (χ1n) is 9.95. The summed E-state index contributed by atoms with van der Waals surface area (Å²) in [5, 5.41) is 7.12. The van der Waals surface area contributed by atoms with Gasteiger partial charge in [0, 0.05) is 45.1 Å². The molecule has 2 aliphatic heterocycles. The largest absolute Gasteiger partial charge is 0.490 e. The SMILES string of the molecule is CN(C)C(=O)COC[C@]12COC[C@H]1CN(CCc1ccccc1)C2.O=C(O)C(F)(F)F. The number of carbonyl (C=O) groups excluding carboxylic acids is 1. The lowest BCUT2D eigenvalue weighted by atomic mass is 9.82. The number of likely N-dealkylation sites (N-methyl/N-ethyl adjacent to an activating group) is 1. The summed E-state index contributed by atoms with van der Waals surface area (Å²) in [5.41, 5.74) is 1.44. The molecule has 0 bridgehead atoms. The van der Waals surface area contributed by atoms with Gasteiger partial charge in [-0.3, -0.25) is 4.79 Å². The first-order chi connectivity index (χ1) is 14.5. The zero-order valence-corrected chi connectivity index (χ0v) is 17.7. The first kappa shape index (κ1) is 25.1. The molecule has 0 spiro atoms. The fraction of sp³-hybridized carbons (Fsp3) is 0.619. The molecule has 1 aromatic carbocycles. The van der Waals surface area contributed by atoms with Crippen molar-refractivity contribution in [3.8, 4) is 0 Å². The zero-order chi connectivity index (χ0) is 23.1. The van der Waals surface area contributed by atoms with E-state index >= 15 is 0 Å². The van der Waals surface area contributed by atoms with Gasteiger partial charge in [-0.15, -0.1) is 0 Å². The van der Waals surface area contributed by atoms with Gasteiger partial charge in [-0.05, 0) is 12.0 Å². The maximum absolute atomic E-state index is 11.7. The van der Waals surface area contributed by atoms with Crippen molar-refractivity contribution in [2.45, 2.75) is 12.6 Å². The van der Waals surface area contributed by atoms with Crippen molar-refractivity contribution in [3.05, 3.63) is 35.9 Å². The summed E-state index contributed by atoms with van der Waals surface area (Å²) in [6, 6.07) is 10.6. The predicted octanol–water partition coefficient (Wildman–Crippen LogP) is 1.92. The number of hydrogen-bond donors (Lipinski definition) is 1. The van der Waals surface area contributed by atoms with Gasteiger partial charge < -0.3 is 24.4 Å². The molecular formula is C21H29F3N2O5. The number of ether oxygens (including phenoxy) is 2. The average molecular weight is 446 g/mol. The van der Waals surface area contributed by atoms with E-state index in [1.54, 1.807) is 19.0 Å². The number of aliphatic carboxylic acids is 1. The van der Waals surface area contributed by atoms with Crippen LogP contribution >= 0.6 is 0 Å². The normalized spacial score (nSPS) is 23.1. The van der Waals surface area contributed by atoms with Gasteiger partial charge in [0.25, 0.3) is 0 Å². The van der Waals surface area contributed by atoms with E-state index in [9.17, 15) is 18.0 Å². The Kier molecular flexibility index (Phi) is 8.84. The predicted molar refractivity (Wildman–Crippen MR) is 107 cm³/mol. The summed E-state index contributed by atoms with van der Waals surface area (Å²) in [5.74, 6) is -2.23. The quantitative estimate of drug-likeness (QED) is 0.690. The van der Waals surface area contributed by atoms with Crippen molar-refractivity contribution in [2.24, 2.45) is 11.3 Å². The number of alkyl halides is 3. The lowest BCUT2D eigenvalue weighted by Crippen LogP contribution is -2.37. The van der Waals surface area contributed by atoms with Crippen molar-refractivity contribution < 1.29 is 37.3 Å². The molecule has 174 valence electrons. The second-order valence-electron chi connectivity index (χ2n) is 8.13. The maximum Gasteiger partial charge on any atom is 0.490 e. The molecule has 2 atom stereocenters. The van der Waals surface area contributed by atoms with Crippen LogP contribution in [0, 0.1) is 11.3 Å². The summed E-state index contributed by atoms with van der Waals surface area (Å²) in [6.45, 7) is 5.46. The van der Waals surface area contributed by atoms with Gasteiger partial charge in [-0.1, -0.05) is 30.3 Å². The molecule has 0 radical (unpaired) electrons. The van der Waals surface area contributed by atoms with Gasteiger partial charge in [-0.25, -0.2) is 4.79 Å². The van der Waals surface area contributed by atoms with Crippen molar-refractivity contribution in [1.82, 2.24) is 9.80 Å².